The number of aryl methyl sites for hydroxylation is 2. The highest BCUT2D eigenvalue weighted by atomic mass is 16.1. The first kappa shape index (κ1) is 17.0. The molecule has 0 radical (unpaired) electrons. The van der Waals surface area contributed by atoms with Gasteiger partial charge in [-0.1, -0.05) is 77.9 Å². The lowest BCUT2D eigenvalue weighted by Crippen LogP contribution is -2.16. The number of hydrogen-bond acceptors (Lipinski definition) is 1. The predicted molar refractivity (Wildman–Crippen MR) is 104 cm³/mol. The van der Waals surface area contributed by atoms with Gasteiger partial charge in [0.05, 0.1) is 0 Å². The molecule has 0 bridgehead atoms. The van der Waals surface area contributed by atoms with Crippen LogP contribution in [0, 0.1) is 13.8 Å². The van der Waals surface area contributed by atoms with Crippen molar-refractivity contribution in [1.82, 2.24) is 0 Å². The molecular weight excluding hydrogens is 306 g/mol. The predicted octanol–water partition coefficient (Wildman–Crippen LogP) is 5.46. The zero-order chi connectivity index (χ0) is 17.6. The van der Waals surface area contributed by atoms with Crippen LogP contribution in [0.2, 0.25) is 0 Å². The number of rotatable bonds is 5. The van der Waals surface area contributed by atoms with Gasteiger partial charge >= 0.3 is 0 Å². The number of anilines is 1. The molecule has 0 fully saturated rings. The van der Waals surface area contributed by atoms with Crippen molar-refractivity contribution in [2.75, 3.05) is 5.32 Å². The Labute approximate surface area is 149 Å². The van der Waals surface area contributed by atoms with E-state index in [9.17, 15) is 4.79 Å². The van der Waals surface area contributed by atoms with E-state index in [1.807, 2.05) is 30.3 Å². The van der Waals surface area contributed by atoms with E-state index >= 15 is 0 Å². The summed E-state index contributed by atoms with van der Waals surface area (Å²) >= 11 is 0. The van der Waals surface area contributed by atoms with Crippen molar-refractivity contribution in [3.8, 4) is 0 Å². The molecule has 3 aromatic rings. The molecule has 1 amide bonds. The molecule has 25 heavy (non-hydrogen) atoms. The summed E-state index contributed by atoms with van der Waals surface area (Å²) in [5, 5.41) is 3.00. The van der Waals surface area contributed by atoms with Gasteiger partial charge in [0, 0.05) is 18.0 Å². The number of carbonyl (C=O) groups is 1. The molecule has 0 saturated carbocycles. The molecule has 0 aromatic heterocycles. The number of hydrogen-bond donors (Lipinski definition) is 1. The summed E-state index contributed by atoms with van der Waals surface area (Å²) < 4.78 is 0. The molecule has 0 heterocycles. The molecule has 3 aromatic carbocycles. The Morgan fingerprint density at radius 1 is 0.760 bits per heavy atom. The summed E-state index contributed by atoms with van der Waals surface area (Å²) in [6.45, 7) is 4.15. The summed E-state index contributed by atoms with van der Waals surface area (Å²) in [7, 11) is 0. The van der Waals surface area contributed by atoms with Gasteiger partial charge in [0.2, 0.25) is 5.91 Å². The maximum atomic E-state index is 12.6. The minimum atomic E-state index is 0.0253. The zero-order valence-electron chi connectivity index (χ0n) is 14.7. The van der Waals surface area contributed by atoms with Gasteiger partial charge in [0.1, 0.15) is 0 Å². The summed E-state index contributed by atoms with van der Waals surface area (Å²) in [5.41, 5.74) is 5.61. The average Bonchev–Trinajstić information content (AvgIpc) is 2.62. The number of amides is 1. The van der Waals surface area contributed by atoms with Crippen molar-refractivity contribution in [2.24, 2.45) is 0 Å². The van der Waals surface area contributed by atoms with Crippen LogP contribution in [0.1, 0.15) is 34.6 Å². The highest BCUT2D eigenvalue weighted by molar-refractivity contribution is 5.91. The van der Waals surface area contributed by atoms with Gasteiger partial charge in [-0.25, -0.2) is 0 Å². The van der Waals surface area contributed by atoms with Gasteiger partial charge in [-0.2, -0.15) is 0 Å². The van der Waals surface area contributed by atoms with Crippen molar-refractivity contribution in [3.63, 3.8) is 0 Å². The summed E-state index contributed by atoms with van der Waals surface area (Å²) in [5.74, 6) is 0.0715. The lowest BCUT2D eigenvalue weighted by molar-refractivity contribution is -0.116. The smallest absolute Gasteiger partial charge is 0.225 e. The van der Waals surface area contributed by atoms with Crippen LogP contribution >= 0.6 is 0 Å². The van der Waals surface area contributed by atoms with Crippen LogP contribution in [0.4, 0.5) is 5.69 Å². The molecule has 2 nitrogen and oxygen atoms in total. The molecule has 0 saturated heterocycles. The lowest BCUT2D eigenvalue weighted by atomic mass is 9.87. The summed E-state index contributed by atoms with van der Waals surface area (Å²) in [6, 6.07) is 26.5. The molecule has 3 rings (SSSR count). The van der Waals surface area contributed by atoms with Crippen LogP contribution in [0.3, 0.4) is 0 Å². The van der Waals surface area contributed by atoms with Crippen molar-refractivity contribution in [3.05, 3.63) is 101 Å². The van der Waals surface area contributed by atoms with Gasteiger partial charge in [0.25, 0.3) is 0 Å². The maximum absolute atomic E-state index is 12.6. The van der Waals surface area contributed by atoms with E-state index in [1.54, 1.807) is 0 Å². The molecule has 0 atom stereocenters. The fourth-order valence-electron chi connectivity index (χ4n) is 2.94. The molecule has 2 heteroatoms. The zero-order valence-corrected chi connectivity index (χ0v) is 14.7. The lowest BCUT2D eigenvalue weighted by Gasteiger charge is -2.18. The standard InChI is InChI=1S/C23H23NO/c1-17-8-12-19(13-9-17)22(20-14-10-18(2)11-15-20)16-23(25)24-21-6-4-3-5-7-21/h3-15,22H,16H2,1-2H3,(H,24,25). The van der Waals surface area contributed by atoms with Crippen molar-refractivity contribution in [2.45, 2.75) is 26.2 Å². The van der Waals surface area contributed by atoms with E-state index in [1.165, 1.54) is 11.1 Å². The van der Waals surface area contributed by atoms with Crippen LogP contribution in [-0.2, 0) is 4.79 Å². The van der Waals surface area contributed by atoms with Crippen molar-refractivity contribution in [1.29, 1.82) is 0 Å². The molecule has 0 spiro atoms. The topological polar surface area (TPSA) is 29.1 Å². The highest BCUT2D eigenvalue weighted by Gasteiger charge is 2.18. The Morgan fingerprint density at radius 3 is 1.72 bits per heavy atom. The Bertz CT molecular complexity index is 775. The first-order valence-corrected chi connectivity index (χ1v) is 8.60. The largest absolute Gasteiger partial charge is 0.326 e. The molecule has 126 valence electrons. The SMILES string of the molecule is Cc1ccc(C(CC(=O)Nc2ccccc2)c2ccc(C)cc2)cc1. The van der Waals surface area contributed by atoms with Crippen LogP contribution in [0.5, 0.6) is 0 Å². The Morgan fingerprint density at radius 2 is 1.24 bits per heavy atom. The molecule has 0 aliphatic rings. The van der Waals surface area contributed by atoms with E-state index in [2.05, 4.69) is 67.7 Å². The van der Waals surface area contributed by atoms with E-state index < -0.39 is 0 Å². The fraction of sp³-hybridized carbons (Fsp3) is 0.174. The van der Waals surface area contributed by atoms with Crippen molar-refractivity contribution >= 4 is 11.6 Å². The Kier molecular flexibility index (Phi) is 5.30. The average molecular weight is 329 g/mol. The summed E-state index contributed by atoms with van der Waals surface area (Å²) in [4.78, 5) is 12.6. The van der Waals surface area contributed by atoms with E-state index in [-0.39, 0.29) is 11.8 Å². The second kappa shape index (κ2) is 7.80. The third-order valence-electron chi connectivity index (χ3n) is 4.41. The first-order chi connectivity index (χ1) is 12.1. The molecular formula is C23H23NO. The minimum Gasteiger partial charge on any atom is -0.326 e. The van der Waals surface area contributed by atoms with Crippen LogP contribution in [0.25, 0.3) is 0 Å². The van der Waals surface area contributed by atoms with Gasteiger partial charge in [-0.3, -0.25) is 4.79 Å². The Balaban J connectivity index is 1.84. The highest BCUT2D eigenvalue weighted by Crippen LogP contribution is 2.29. The van der Waals surface area contributed by atoms with Crippen LogP contribution < -0.4 is 5.32 Å². The van der Waals surface area contributed by atoms with E-state index in [0.717, 1.165) is 16.8 Å². The molecule has 0 aliphatic heterocycles. The Hall–Kier alpha value is -2.87. The van der Waals surface area contributed by atoms with Gasteiger partial charge in [-0.05, 0) is 37.1 Å². The van der Waals surface area contributed by atoms with E-state index in [0.29, 0.717) is 6.42 Å². The quantitative estimate of drug-likeness (QED) is 0.661. The summed E-state index contributed by atoms with van der Waals surface area (Å²) in [6.07, 6.45) is 0.418. The minimum absolute atomic E-state index is 0.0253. The molecule has 0 aliphatic carbocycles. The van der Waals surface area contributed by atoms with Gasteiger partial charge < -0.3 is 5.32 Å². The maximum Gasteiger partial charge on any atom is 0.225 e. The number of para-hydroxylation sites is 1. The third-order valence-corrected chi connectivity index (χ3v) is 4.41. The fourth-order valence-corrected chi connectivity index (χ4v) is 2.94. The second-order valence-electron chi connectivity index (χ2n) is 6.49. The van der Waals surface area contributed by atoms with Gasteiger partial charge in [-0.15, -0.1) is 0 Å². The molecule has 1 N–H and O–H groups in total. The normalized spacial score (nSPS) is 10.7. The van der Waals surface area contributed by atoms with Crippen LogP contribution in [-0.4, -0.2) is 5.91 Å². The van der Waals surface area contributed by atoms with Gasteiger partial charge in [0.15, 0.2) is 0 Å². The molecule has 0 unspecified atom stereocenters. The first-order valence-electron chi connectivity index (χ1n) is 8.60. The number of nitrogens with one attached hydrogen (secondary N) is 1. The van der Waals surface area contributed by atoms with Crippen LogP contribution in [0.15, 0.2) is 78.9 Å². The van der Waals surface area contributed by atoms with E-state index in [4.69, 9.17) is 0 Å². The monoisotopic (exact) mass is 329 g/mol. The second-order valence-corrected chi connectivity index (χ2v) is 6.49. The third kappa shape index (κ3) is 4.57. The number of carbonyl (C=O) groups excluding carboxylic acids is 1. The number of benzene rings is 3. The van der Waals surface area contributed by atoms with Crippen molar-refractivity contribution < 1.29 is 4.79 Å².